The highest BCUT2D eigenvalue weighted by atomic mass is 19.4. The van der Waals surface area contributed by atoms with Gasteiger partial charge < -0.3 is 15.4 Å². The zero-order chi connectivity index (χ0) is 15.5. The van der Waals surface area contributed by atoms with Crippen molar-refractivity contribution in [2.75, 3.05) is 26.8 Å². The Bertz CT molecular complexity index is 458. The number of nitrogens with zero attached hydrogens (tertiary/aromatic N) is 1. The van der Waals surface area contributed by atoms with Gasteiger partial charge in [-0.25, -0.2) is 0 Å². The molecular formula is C15H21F3N2O. The van der Waals surface area contributed by atoms with E-state index in [1.807, 2.05) is 11.9 Å². The van der Waals surface area contributed by atoms with Crippen molar-refractivity contribution in [1.29, 1.82) is 0 Å². The van der Waals surface area contributed by atoms with Crippen LogP contribution in [0.4, 0.5) is 13.2 Å². The van der Waals surface area contributed by atoms with Crippen LogP contribution in [0, 0.1) is 0 Å². The van der Waals surface area contributed by atoms with Gasteiger partial charge in [-0.1, -0.05) is 18.2 Å². The highest BCUT2D eigenvalue weighted by Crippen LogP contribution is 2.34. The van der Waals surface area contributed by atoms with E-state index in [2.05, 4.69) is 0 Å². The smallest absolute Gasteiger partial charge is 0.381 e. The maximum Gasteiger partial charge on any atom is 0.416 e. The summed E-state index contributed by atoms with van der Waals surface area (Å²) in [6.07, 6.45) is -2.58. The molecule has 1 aliphatic heterocycles. The number of nitrogens with two attached hydrogens (primary N) is 1. The van der Waals surface area contributed by atoms with Crippen LogP contribution in [0.1, 0.15) is 30.0 Å². The minimum atomic E-state index is -4.37. The normalized spacial score (nSPS) is 19.0. The maximum absolute atomic E-state index is 13.0. The van der Waals surface area contributed by atoms with E-state index in [1.54, 1.807) is 6.07 Å². The SMILES string of the molecule is CN(CC(N)c1ccccc1C(F)(F)F)C1CCOCC1. The van der Waals surface area contributed by atoms with Gasteiger partial charge in [0.15, 0.2) is 0 Å². The second-order valence-corrected chi connectivity index (χ2v) is 5.47. The van der Waals surface area contributed by atoms with E-state index in [9.17, 15) is 13.2 Å². The average molecular weight is 302 g/mol. The molecule has 0 bridgehead atoms. The summed E-state index contributed by atoms with van der Waals surface area (Å²) in [5, 5.41) is 0. The Balaban J connectivity index is 2.08. The molecule has 0 radical (unpaired) electrons. The molecule has 1 heterocycles. The summed E-state index contributed by atoms with van der Waals surface area (Å²) in [4.78, 5) is 2.04. The van der Waals surface area contributed by atoms with Crippen molar-refractivity contribution >= 4 is 0 Å². The molecule has 1 aromatic rings. The summed E-state index contributed by atoms with van der Waals surface area (Å²) in [6, 6.07) is 5.20. The van der Waals surface area contributed by atoms with Crippen LogP contribution in [0.2, 0.25) is 0 Å². The number of ether oxygens (including phenoxy) is 1. The summed E-state index contributed by atoms with van der Waals surface area (Å²) in [5.41, 5.74) is 5.54. The number of hydrogen-bond donors (Lipinski definition) is 1. The molecule has 21 heavy (non-hydrogen) atoms. The molecule has 1 unspecified atom stereocenters. The van der Waals surface area contributed by atoms with Crippen molar-refractivity contribution in [2.24, 2.45) is 5.73 Å². The fourth-order valence-corrected chi connectivity index (χ4v) is 2.76. The van der Waals surface area contributed by atoms with Crippen LogP contribution in [-0.4, -0.2) is 37.7 Å². The van der Waals surface area contributed by atoms with E-state index in [0.29, 0.717) is 25.8 Å². The summed E-state index contributed by atoms with van der Waals surface area (Å²) in [6.45, 7) is 1.80. The number of hydrogen-bond acceptors (Lipinski definition) is 3. The Morgan fingerprint density at radius 1 is 1.29 bits per heavy atom. The second-order valence-electron chi connectivity index (χ2n) is 5.47. The molecule has 1 fully saturated rings. The van der Waals surface area contributed by atoms with E-state index < -0.39 is 17.8 Å². The number of likely N-dealkylation sites (N-methyl/N-ethyl adjacent to an activating group) is 1. The lowest BCUT2D eigenvalue weighted by Gasteiger charge is -2.33. The molecule has 118 valence electrons. The third-order valence-electron chi connectivity index (χ3n) is 3.96. The molecule has 0 spiro atoms. The zero-order valence-electron chi connectivity index (χ0n) is 12.1. The van der Waals surface area contributed by atoms with Crippen molar-refractivity contribution in [1.82, 2.24) is 4.90 Å². The predicted octanol–water partition coefficient (Wildman–Crippen LogP) is 2.82. The molecular weight excluding hydrogens is 281 g/mol. The highest BCUT2D eigenvalue weighted by molar-refractivity contribution is 5.32. The molecule has 0 aliphatic carbocycles. The van der Waals surface area contributed by atoms with Crippen LogP contribution in [0.5, 0.6) is 0 Å². The Labute approximate surface area is 122 Å². The van der Waals surface area contributed by atoms with Gasteiger partial charge in [0, 0.05) is 31.8 Å². The van der Waals surface area contributed by atoms with Gasteiger partial charge >= 0.3 is 6.18 Å². The van der Waals surface area contributed by atoms with E-state index in [-0.39, 0.29) is 5.56 Å². The minimum Gasteiger partial charge on any atom is -0.381 e. The molecule has 1 aromatic carbocycles. The lowest BCUT2D eigenvalue weighted by molar-refractivity contribution is -0.138. The second kappa shape index (κ2) is 6.77. The van der Waals surface area contributed by atoms with Crippen LogP contribution in [0.15, 0.2) is 24.3 Å². The van der Waals surface area contributed by atoms with Gasteiger partial charge in [-0.15, -0.1) is 0 Å². The first-order valence-corrected chi connectivity index (χ1v) is 7.09. The zero-order valence-corrected chi connectivity index (χ0v) is 12.1. The van der Waals surface area contributed by atoms with Gasteiger partial charge in [-0.3, -0.25) is 0 Å². The molecule has 0 saturated carbocycles. The predicted molar refractivity (Wildman–Crippen MR) is 74.8 cm³/mol. The standard InChI is InChI=1S/C15H21F3N2O/c1-20(11-6-8-21-9-7-11)10-14(19)12-4-2-3-5-13(12)15(16,17)18/h2-5,11,14H,6-10,19H2,1H3. The quantitative estimate of drug-likeness (QED) is 0.929. The van der Waals surface area contributed by atoms with Crippen molar-refractivity contribution in [3.63, 3.8) is 0 Å². The Kier molecular flexibility index (Phi) is 5.24. The third kappa shape index (κ3) is 4.18. The molecule has 3 nitrogen and oxygen atoms in total. The lowest BCUT2D eigenvalue weighted by Crippen LogP contribution is -2.40. The van der Waals surface area contributed by atoms with Crippen LogP contribution >= 0.6 is 0 Å². The fourth-order valence-electron chi connectivity index (χ4n) is 2.76. The first-order valence-electron chi connectivity index (χ1n) is 7.09. The largest absolute Gasteiger partial charge is 0.416 e. The summed E-state index contributed by atoms with van der Waals surface area (Å²) < 4.78 is 44.3. The fraction of sp³-hybridized carbons (Fsp3) is 0.600. The Morgan fingerprint density at radius 3 is 2.52 bits per heavy atom. The van der Waals surface area contributed by atoms with Crippen LogP contribution in [-0.2, 0) is 10.9 Å². The van der Waals surface area contributed by atoms with E-state index in [4.69, 9.17) is 10.5 Å². The van der Waals surface area contributed by atoms with E-state index in [1.165, 1.54) is 12.1 Å². The number of rotatable bonds is 4. The lowest BCUT2D eigenvalue weighted by atomic mass is 9.99. The minimum absolute atomic E-state index is 0.156. The van der Waals surface area contributed by atoms with Crippen LogP contribution in [0.3, 0.4) is 0 Å². The molecule has 2 N–H and O–H groups in total. The van der Waals surface area contributed by atoms with Crippen molar-refractivity contribution in [3.8, 4) is 0 Å². The maximum atomic E-state index is 13.0. The number of alkyl halides is 3. The van der Waals surface area contributed by atoms with Crippen molar-refractivity contribution < 1.29 is 17.9 Å². The van der Waals surface area contributed by atoms with Crippen molar-refractivity contribution in [3.05, 3.63) is 35.4 Å². The van der Waals surface area contributed by atoms with E-state index in [0.717, 1.165) is 18.9 Å². The van der Waals surface area contributed by atoms with Crippen LogP contribution in [0.25, 0.3) is 0 Å². The van der Waals surface area contributed by atoms with Gasteiger partial charge in [0.25, 0.3) is 0 Å². The highest BCUT2D eigenvalue weighted by Gasteiger charge is 2.34. The first kappa shape index (κ1) is 16.3. The molecule has 0 amide bonds. The van der Waals surface area contributed by atoms with Crippen molar-refractivity contribution in [2.45, 2.75) is 31.1 Å². The van der Waals surface area contributed by atoms with Gasteiger partial charge in [0.2, 0.25) is 0 Å². The summed E-state index contributed by atoms with van der Waals surface area (Å²) in [7, 11) is 1.91. The van der Waals surface area contributed by atoms with Gasteiger partial charge in [0.1, 0.15) is 0 Å². The number of benzene rings is 1. The monoisotopic (exact) mass is 302 g/mol. The Morgan fingerprint density at radius 2 is 1.90 bits per heavy atom. The summed E-state index contributed by atoms with van der Waals surface area (Å²) >= 11 is 0. The molecule has 1 atom stereocenters. The van der Waals surface area contributed by atoms with Gasteiger partial charge in [-0.05, 0) is 31.5 Å². The number of halogens is 3. The summed E-state index contributed by atoms with van der Waals surface area (Å²) in [5.74, 6) is 0. The van der Waals surface area contributed by atoms with E-state index >= 15 is 0 Å². The van der Waals surface area contributed by atoms with Crippen LogP contribution < -0.4 is 5.73 Å². The van der Waals surface area contributed by atoms with Gasteiger partial charge in [-0.2, -0.15) is 13.2 Å². The Hall–Kier alpha value is -1.11. The topological polar surface area (TPSA) is 38.5 Å². The molecule has 6 heteroatoms. The molecule has 0 aromatic heterocycles. The molecule has 1 aliphatic rings. The first-order chi connectivity index (χ1) is 9.89. The third-order valence-corrected chi connectivity index (χ3v) is 3.96. The molecule has 1 saturated heterocycles. The molecule has 2 rings (SSSR count). The van der Waals surface area contributed by atoms with Gasteiger partial charge in [0.05, 0.1) is 5.56 Å². The average Bonchev–Trinajstić information content (AvgIpc) is 2.47.